The van der Waals surface area contributed by atoms with Gasteiger partial charge in [-0.05, 0) is 23.8 Å². The van der Waals surface area contributed by atoms with Crippen molar-refractivity contribution in [1.82, 2.24) is 15.5 Å². The first-order valence-corrected chi connectivity index (χ1v) is 7.54. The van der Waals surface area contributed by atoms with Crippen LogP contribution in [0.4, 0.5) is 8.78 Å². The first kappa shape index (κ1) is 16.6. The number of amides is 1. The average molecular weight is 343 g/mol. The summed E-state index contributed by atoms with van der Waals surface area (Å²) in [5, 5.41) is 9.58. The first-order chi connectivity index (χ1) is 12.1. The van der Waals surface area contributed by atoms with Gasteiger partial charge in [-0.15, -0.1) is 0 Å². The molecule has 0 saturated carbocycles. The Morgan fingerprint density at radius 3 is 2.52 bits per heavy atom. The SMILES string of the molecule is O=C(NCc1ccc(OC(F)F)cc1)c1cc(-c2ccccc2)n[nH]1. The van der Waals surface area contributed by atoms with Gasteiger partial charge in [0.05, 0.1) is 5.69 Å². The number of rotatable bonds is 6. The minimum atomic E-state index is -2.86. The minimum absolute atomic E-state index is 0.0751. The van der Waals surface area contributed by atoms with Gasteiger partial charge < -0.3 is 10.1 Å². The van der Waals surface area contributed by atoms with Crippen LogP contribution in [-0.2, 0) is 6.54 Å². The van der Waals surface area contributed by atoms with Crippen LogP contribution in [0.5, 0.6) is 5.75 Å². The number of H-pyrrole nitrogens is 1. The van der Waals surface area contributed by atoms with E-state index < -0.39 is 6.61 Å². The van der Waals surface area contributed by atoms with Crippen LogP contribution >= 0.6 is 0 Å². The summed E-state index contributed by atoms with van der Waals surface area (Å²) in [6.07, 6.45) is 0. The number of benzene rings is 2. The molecule has 0 aliphatic rings. The minimum Gasteiger partial charge on any atom is -0.435 e. The van der Waals surface area contributed by atoms with Crippen LogP contribution in [0.3, 0.4) is 0 Å². The van der Waals surface area contributed by atoms with E-state index in [1.165, 1.54) is 12.1 Å². The zero-order chi connectivity index (χ0) is 17.6. The quantitative estimate of drug-likeness (QED) is 0.718. The van der Waals surface area contributed by atoms with Crippen LogP contribution in [0.15, 0.2) is 60.7 Å². The van der Waals surface area contributed by atoms with Crippen LogP contribution in [-0.4, -0.2) is 22.7 Å². The predicted octanol–water partition coefficient (Wildman–Crippen LogP) is 3.61. The Labute approximate surface area is 142 Å². The molecule has 5 nitrogen and oxygen atoms in total. The van der Waals surface area contributed by atoms with Gasteiger partial charge in [-0.2, -0.15) is 13.9 Å². The molecule has 25 heavy (non-hydrogen) atoms. The van der Waals surface area contributed by atoms with E-state index in [0.717, 1.165) is 11.1 Å². The summed E-state index contributed by atoms with van der Waals surface area (Å²) in [6, 6.07) is 17.2. The first-order valence-electron chi connectivity index (χ1n) is 7.54. The van der Waals surface area contributed by atoms with E-state index in [2.05, 4.69) is 20.3 Å². The lowest BCUT2D eigenvalue weighted by molar-refractivity contribution is -0.0498. The fourth-order valence-corrected chi connectivity index (χ4v) is 2.26. The summed E-state index contributed by atoms with van der Waals surface area (Å²) in [7, 11) is 0. The molecule has 0 bridgehead atoms. The van der Waals surface area contributed by atoms with Crippen LogP contribution in [0.25, 0.3) is 11.3 Å². The summed E-state index contributed by atoms with van der Waals surface area (Å²) >= 11 is 0. The van der Waals surface area contributed by atoms with Crippen molar-refractivity contribution in [3.8, 4) is 17.0 Å². The Morgan fingerprint density at radius 2 is 1.84 bits per heavy atom. The van der Waals surface area contributed by atoms with Crippen LogP contribution in [0.1, 0.15) is 16.1 Å². The Bertz CT molecular complexity index is 833. The molecule has 0 radical (unpaired) electrons. The monoisotopic (exact) mass is 343 g/mol. The number of carbonyl (C=O) groups is 1. The maximum Gasteiger partial charge on any atom is 0.387 e. The molecule has 0 saturated heterocycles. The second-order valence-electron chi connectivity index (χ2n) is 5.24. The molecule has 1 amide bonds. The molecule has 1 aromatic heterocycles. The lowest BCUT2D eigenvalue weighted by Gasteiger charge is -2.06. The van der Waals surface area contributed by atoms with Gasteiger partial charge in [-0.1, -0.05) is 42.5 Å². The standard InChI is InChI=1S/C18H15F2N3O2/c19-18(20)25-14-8-6-12(7-9-14)11-21-17(24)16-10-15(22-23-16)13-4-2-1-3-5-13/h1-10,18H,11H2,(H,21,24)(H,22,23). The van der Waals surface area contributed by atoms with Gasteiger partial charge in [0.1, 0.15) is 11.4 Å². The second kappa shape index (κ2) is 7.57. The smallest absolute Gasteiger partial charge is 0.387 e. The second-order valence-corrected chi connectivity index (χ2v) is 5.24. The van der Waals surface area contributed by atoms with Crippen LogP contribution in [0.2, 0.25) is 0 Å². The summed E-state index contributed by atoms with van der Waals surface area (Å²) in [5.41, 5.74) is 2.70. The van der Waals surface area contributed by atoms with E-state index >= 15 is 0 Å². The number of nitrogens with one attached hydrogen (secondary N) is 2. The van der Waals surface area contributed by atoms with E-state index in [1.807, 2.05) is 30.3 Å². The lowest BCUT2D eigenvalue weighted by atomic mass is 10.1. The summed E-state index contributed by atoms with van der Waals surface area (Å²) in [6.45, 7) is -2.60. The number of hydrogen-bond donors (Lipinski definition) is 2. The molecule has 1 heterocycles. The Balaban J connectivity index is 1.59. The van der Waals surface area contributed by atoms with Gasteiger partial charge in [0.15, 0.2) is 0 Å². The summed E-state index contributed by atoms with van der Waals surface area (Å²) in [5.74, 6) is -0.228. The highest BCUT2D eigenvalue weighted by atomic mass is 19.3. The van der Waals surface area contributed by atoms with Crippen molar-refractivity contribution in [2.45, 2.75) is 13.2 Å². The van der Waals surface area contributed by atoms with E-state index in [9.17, 15) is 13.6 Å². The Kier molecular flexibility index (Phi) is 5.03. The van der Waals surface area contributed by atoms with Crippen molar-refractivity contribution in [2.24, 2.45) is 0 Å². The molecule has 0 aliphatic carbocycles. The van der Waals surface area contributed by atoms with Crippen molar-refractivity contribution in [3.63, 3.8) is 0 Å². The number of carbonyl (C=O) groups excluding carboxylic acids is 1. The van der Waals surface area contributed by atoms with Crippen LogP contribution in [0, 0.1) is 0 Å². The highest BCUT2D eigenvalue weighted by molar-refractivity contribution is 5.93. The topological polar surface area (TPSA) is 67.0 Å². The van der Waals surface area contributed by atoms with Crippen molar-refractivity contribution >= 4 is 5.91 Å². The number of ether oxygens (including phenoxy) is 1. The maximum atomic E-state index is 12.2. The van der Waals surface area contributed by atoms with Gasteiger partial charge >= 0.3 is 6.61 Å². The molecule has 3 aromatic rings. The highest BCUT2D eigenvalue weighted by Crippen LogP contribution is 2.17. The number of nitrogens with zero attached hydrogens (tertiary/aromatic N) is 1. The molecule has 2 N–H and O–H groups in total. The zero-order valence-electron chi connectivity index (χ0n) is 13.1. The molecule has 0 atom stereocenters. The third-order valence-corrected chi connectivity index (χ3v) is 3.49. The van der Waals surface area contributed by atoms with E-state index in [-0.39, 0.29) is 18.2 Å². The van der Waals surface area contributed by atoms with E-state index in [1.54, 1.807) is 18.2 Å². The number of hydrogen-bond acceptors (Lipinski definition) is 3. The molecule has 128 valence electrons. The summed E-state index contributed by atoms with van der Waals surface area (Å²) < 4.78 is 28.5. The summed E-state index contributed by atoms with van der Waals surface area (Å²) in [4.78, 5) is 12.2. The van der Waals surface area contributed by atoms with Crippen molar-refractivity contribution < 1.29 is 18.3 Å². The number of alkyl halides is 2. The van der Waals surface area contributed by atoms with E-state index in [0.29, 0.717) is 11.4 Å². The van der Waals surface area contributed by atoms with Gasteiger partial charge in [-0.3, -0.25) is 9.89 Å². The number of aromatic amines is 1. The Hall–Kier alpha value is -3.22. The van der Waals surface area contributed by atoms with Crippen molar-refractivity contribution in [2.75, 3.05) is 0 Å². The molecule has 2 aromatic carbocycles. The lowest BCUT2D eigenvalue weighted by Crippen LogP contribution is -2.23. The van der Waals surface area contributed by atoms with Gasteiger partial charge in [0, 0.05) is 12.1 Å². The Morgan fingerprint density at radius 1 is 1.12 bits per heavy atom. The van der Waals surface area contributed by atoms with Gasteiger partial charge in [-0.25, -0.2) is 0 Å². The maximum absolute atomic E-state index is 12.2. The molecular formula is C18H15F2N3O2. The molecule has 0 fully saturated rings. The van der Waals surface area contributed by atoms with Crippen molar-refractivity contribution in [3.05, 3.63) is 71.9 Å². The molecular weight excluding hydrogens is 328 g/mol. The number of aromatic nitrogens is 2. The molecule has 0 aliphatic heterocycles. The third-order valence-electron chi connectivity index (χ3n) is 3.49. The average Bonchev–Trinajstić information content (AvgIpc) is 3.11. The predicted molar refractivity (Wildman–Crippen MR) is 88.3 cm³/mol. The molecule has 7 heteroatoms. The van der Waals surface area contributed by atoms with E-state index in [4.69, 9.17) is 0 Å². The van der Waals surface area contributed by atoms with Crippen molar-refractivity contribution in [1.29, 1.82) is 0 Å². The fourth-order valence-electron chi connectivity index (χ4n) is 2.26. The fraction of sp³-hybridized carbons (Fsp3) is 0.111. The normalized spacial score (nSPS) is 10.7. The molecule has 0 unspecified atom stereocenters. The van der Waals surface area contributed by atoms with Gasteiger partial charge in [0.2, 0.25) is 0 Å². The molecule has 3 rings (SSSR count). The van der Waals surface area contributed by atoms with Crippen LogP contribution < -0.4 is 10.1 Å². The largest absolute Gasteiger partial charge is 0.435 e. The number of halogens is 2. The third kappa shape index (κ3) is 4.41. The zero-order valence-corrected chi connectivity index (χ0v) is 13.1. The highest BCUT2D eigenvalue weighted by Gasteiger charge is 2.11. The van der Waals surface area contributed by atoms with Gasteiger partial charge in [0.25, 0.3) is 5.91 Å². The molecule has 0 spiro atoms.